The first-order valence-electron chi connectivity index (χ1n) is 3.98. The molecule has 1 rings (SSSR count). The number of nitrogens with two attached hydrogens (primary N) is 2. The molecule has 1 atom stereocenters. The van der Waals surface area contributed by atoms with Gasteiger partial charge >= 0.3 is 0 Å². The van der Waals surface area contributed by atoms with E-state index in [-0.39, 0.29) is 6.61 Å². The van der Waals surface area contributed by atoms with Crippen molar-refractivity contribution in [2.45, 2.75) is 13.0 Å². The number of aryl methyl sites for hydroxylation is 1. The quantitative estimate of drug-likeness (QED) is 0.629. The number of benzene rings is 1. The molecule has 5 N–H and O–H groups in total. The number of aliphatic hydroxyl groups is 1. The molecule has 0 bridgehead atoms. The highest BCUT2D eigenvalue weighted by molar-refractivity contribution is 6.31. The largest absolute Gasteiger partial charge is 0.398 e. The van der Waals surface area contributed by atoms with E-state index in [2.05, 4.69) is 0 Å². The average molecular weight is 201 g/mol. The highest BCUT2D eigenvalue weighted by Gasteiger charge is 2.10. The lowest BCUT2D eigenvalue weighted by Crippen LogP contribution is -2.15. The van der Waals surface area contributed by atoms with E-state index in [1.165, 1.54) is 0 Å². The van der Waals surface area contributed by atoms with E-state index in [0.29, 0.717) is 10.7 Å². The van der Waals surface area contributed by atoms with Crippen LogP contribution in [0.5, 0.6) is 0 Å². The molecule has 0 unspecified atom stereocenters. The van der Waals surface area contributed by atoms with E-state index in [1.807, 2.05) is 6.92 Å². The van der Waals surface area contributed by atoms with Gasteiger partial charge in [0.15, 0.2) is 0 Å². The minimum absolute atomic E-state index is 0.122. The van der Waals surface area contributed by atoms with E-state index in [4.69, 9.17) is 28.2 Å². The molecule has 0 spiro atoms. The van der Waals surface area contributed by atoms with Gasteiger partial charge in [-0.2, -0.15) is 0 Å². The summed E-state index contributed by atoms with van der Waals surface area (Å²) >= 11 is 5.90. The number of halogens is 1. The van der Waals surface area contributed by atoms with Crippen LogP contribution >= 0.6 is 11.6 Å². The minimum atomic E-state index is -0.438. The molecule has 0 saturated carbocycles. The van der Waals surface area contributed by atoms with Crippen LogP contribution in [0.25, 0.3) is 0 Å². The van der Waals surface area contributed by atoms with E-state index >= 15 is 0 Å². The van der Waals surface area contributed by atoms with Crippen molar-refractivity contribution in [2.75, 3.05) is 12.3 Å². The number of aliphatic hydroxyl groups excluding tert-OH is 1. The molecule has 72 valence electrons. The molecular weight excluding hydrogens is 188 g/mol. The molecule has 3 nitrogen and oxygen atoms in total. The second-order valence-corrected chi connectivity index (χ2v) is 3.43. The fraction of sp³-hybridized carbons (Fsp3) is 0.333. The Hall–Kier alpha value is -0.770. The van der Waals surface area contributed by atoms with Crippen LogP contribution in [0.4, 0.5) is 5.69 Å². The third-order valence-electron chi connectivity index (χ3n) is 1.98. The number of rotatable bonds is 2. The van der Waals surface area contributed by atoms with Gasteiger partial charge < -0.3 is 16.6 Å². The highest BCUT2D eigenvalue weighted by Crippen LogP contribution is 2.26. The molecule has 1 aromatic carbocycles. The minimum Gasteiger partial charge on any atom is -0.398 e. The third-order valence-corrected chi connectivity index (χ3v) is 2.31. The van der Waals surface area contributed by atoms with Gasteiger partial charge in [-0.05, 0) is 24.1 Å². The molecule has 13 heavy (non-hydrogen) atoms. The third kappa shape index (κ3) is 2.12. The van der Waals surface area contributed by atoms with Crippen molar-refractivity contribution >= 4 is 17.3 Å². The van der Waals surface area contributed by atoms with Gasteiger partial charge in [-0.1, -0.05) is 17.7 Å². The van der Waals surface area contributed by atoms with Gasteiger partial charge in [0, 0.05) is 10.7 Å². The van der Waals surface area contributed by atoms with Crippen LogP contribution in [0.1, 0.15) is 17.2 Å². The van der Waals surface area contributed by atoms with E-state index in [1.54, 1.807) is 12.1 Å². The van der Waals surface area contributed by atoms with E-state index in [9.17, 15) is 0 Å². The predicted octanol–water partition coefficient (Wildman–Crippen LogP) is 1.22. The summed E-state index contributed by atoms with van der Waals surface area (Å²) in [6.45, 7) is 1.75. The Bertz CT molecular complexity index is 315. The van der Waals surface area contributed by atoms with Crippen molar-refractivity contribution < 1.29 is 5.11 Å². The van der Waals surface area contributed by atoms with Crippen LogP contribution in [-0.4, -0.2) is 11.7 Å². The lowest BCUT2D eigenvalue weighted by molar-refractivity contribution is 0.268. The molecule has 4 heteroatoms. The molecule has 0 fully saturated rings. The Morgan fingerprint density at radius 3 is 2.69 bits per heavy atom. The van der Waals surface area contributed by atoms with Crippen LogP contribution in [0.2, 0.25) is 5.02 Å². The van der Waals surface area contributed by atoms with Crippen LogP contribution in [0, 0.1) is 6.92 Å². The molecule has 0 aliphatic heterocycles. The van der Waals surface area contributed by atoms with Gasteiger partial charge in [0.1, 0.15) is 0 Å². The van der Waals surface area contributed by atoms with Crippen LogP contribution < -0.4 is 11.5 Å². The second kappa shape index (κ2) is 3.96. The zero-order valence-electron chi connectivity index (χ0n) is 7.42. The Balaban J connectivity index is 3.15. The van der Waals surface area contributed by atoms with E-state index < -0.39 is 6.04 Å². The molecule has 0 amide bonds. The van der Waals surface area contributed by atoms with Gasteiger partial charge in [-0.25, -0.2) is 0 Å². The Morgan fingerprint density at radius 1 is 1.54 bits per heavy atom. The molecule has 0 aromatic heterocycles. The first-order chi connectivity index (χ1) is 6.06. The zero-order chi connectivity index (χ0) is 10.0. The first-order valence-corrected chi connectivity index (χ1v) is 4.36. The van der Waals surface area contributed by atoms with E-state index in [0.717, 1.165) is 11.1 Å². The Morgan fingerprint density at radius 2 is 2.15 bits per heavy atom. The summed E-state index contributed by atoms with van der Waals surface area (Å²) in [6, 6.07) is 3.02. The maximum Gasteiger partial charge on any atom is 0.0624 e. The zero-order valence-corrected chi connectivity index (χ0v) is 8.17. The SMILES string of the molecule is Cc1cc([C@@H](N)CO)c(Cl)cc1N. The fourth-order valence-corrected chi connectivity index (χ4v) is 1.41. The summed E-state index contributed by atoms with van der Waals surface area (Å²) in [5, 5.41) is 9.36. The van der Waals surface area contributed by atoms with Crippen molar-refractivity contribution in [3.63, 3.8) is 0 Å². The standard InChI is InChI=1S/C9H13ClN2O/c1-5-2-6(9(12)4-13)7(10)3-8(5)11/h2-3,9,13H,4,11-12H2,1H3/t9-/m0/s1. The molecule has 0 aliphatic rings. The average Bonchev–Trinajstić information content (AvgIpc) is 2.10. The summed E-state index contributed by atoms with van der Waals surface area (Å²) in [7, 11) is 0. The highest BCUT2D eigenvalue weighted by atomic mass is 35.5. The molecule has 0 aliphatic carbocycles. The van der Waals surface area contributed by atoms with Crippen LogP contribution in [-0.2, 0) is 0 Å². The number of hydrogen-bond acceptors (Lipinski definition) is 3. The van der Waals surface area contributed by atoms with Crippen LogP contribution in [0.15, 0.2) is 12.1 Å². The van der Waals surface area contributed by atoms with Crippen molar-refractivity contribution in [1.29, 1.82) is 0 Å². The molecule has 0 radical (unpaired) electrons. The number of nitrogen functional groups attached to an aromatic ring is 1. The molecule has 0 heterocycles. The maximum absolute atomic E-state index is 8.86. The molecule has 0 saturated heterocycles. The molecule has 1 aromatic rings. The van der Waals surface area contributed by atoms with Gasteiger partial charge in [0.25, 0.3) is 0 Å². The fourth-order valence-electron chi connectivity index (χ4n) is 1.10. The first kappa shape index (κ1) is 10.3. The van der Waals surface area contributed by atoms with Gasteiger partial charge in [0.2, 0.25) is 0 Å². The van der Waals surface area contributed by atoms with Crippen molar-refractivity contribution in [2.24, 2.45) is 5.73 Å². The summed E-state index contributed by atoms with van der Waals surface area (Å²) in [5.41, 5.74) is 13.6. The lowest BCUT2D eigenvalue weighted by Gasteiger charge is -2.12. The Kier molecular flexibility index (Phi) is 3.14. The summed E-state index contributed by atoms with van der Waals surface area (Å²) < 4.78 is 0. The predicted molar refractivity (Wildman–Crippen MR) is 54.6 cm³/mol. The summed E-state index contributed by atoms with van der Waals surface area (Å²) in [4.78, 5) is 0. The Labute approximate surface area is 82.3 Å². The van der Waals surface area contributed by atoms with Crippen molar-refractivity contribution in [3.05, 3.63) is 28.3 Å². The smallest absolute Gasteiger partial charge is 0.0624 e. The monoisotopic (exact) mass is 200 g/mol. The number of hydrogen-bond donors (Lipinski definition) is 3. The normalized spacial score (nSPS) is 12.9. The van der Waals surface area contributed by atoms with Gasteiger partial charge in [0.05, 0.1) is 12.6 Å². The van der Waals surface area contributed by atoms with Crippen LogP contribution in [0.3, 0.4) is 0 Å². The number of anilines is 1. The summed E-state index contributed by atoms with van der Waals surface area (Å²) in [5.74, 6) is 0. The molecular formula is C9H13ClN2O. The topological polar surface area (TPSA) is 72.3 Å². The maximum atomic E-state index is 8.86. The van der Waals surface area contributed by atoms with Gasteiger partial charge in [-0.3, -0.25) is 0 Å². The van der Waals surface area contributed by atoms with Gasteiger partial charge in [-0.15, -0.1) is 0 Å². The second-order valence-electron chi connectivity index (χ2n) is 3.02. The van der Waals surface area contributed by atoms with Crippen molar-refractivity contribution in [3.8, 4) is 0 Å². The lowest BCUT2D eigenvalue weighted by atomic mass is 10.0. The van der Waals surface area contributed by atoms with Crippen molar-refractivity contribution in [1.82, 2.24) is 0 Å². The summed E-state index contributed by atoms with van der Waals surface area (Å²) in [6.07, 6.45) is 0.